The Bertz CT molecular complexity index is 1110. The first-order chi connectivity index (χ1) is 15.5. The zero-order valence-corrected chi connectivity index (χ0v) is 18.1. The largest absolute Gasteiger partial charge is 0.490 e. The van der Waals surface area contributed by atoms with Gasteiger partial charge in [0.1, 0.15) is 18.2 Å². The number of esters is 1. The molecule has 3 aromatic rings. The van der Waals surface area contributed by atoms with E-state index in [2.05, 4.69) is 10.3 Å². The third-order valence-corrected chi connectivity index (χ3v) is 4.76. The number of hydrogen-bond donors (Lipinski definition) is 2. The highest BCUT2D eigenvalue weighted by Crippen LogP contribution is 2.30. The van der Waals surface area contributed by atoms with Gasteiger partial charge in [0.2, 0.25) is 5.91 Å². The molecule has 0 radical (unpaired) electrons. The molecule has 0 saturated carbocycles. The zero-order valence-electron chi connectivity index (χ0n) is 17.4. The van der Waals surface area contributed by atoms with Gasteiger partial charge in [0.15, 0.2) is 0 Å². The number of nitrogens with two attached hydrogens (primary N) is 1. The predicted molar refractivity (Wildman–Crippen MR) is 124 cm³/mol. The van der Waals surface area contributed by atoms with Crippen LogP contribution in [0.15, 0.2) is 66.9 Å². The molecule has 0 bridgehead atoms. The summed E-state index contributed by atoms with van der Waals surface area (Å²) in [6.07, 6.45) is 4.65. The normalized spacial score (nSPS) is 10.7. The Hall–Kier alpha value is -3.84. The number of nitrogens with zero attached hydrogens (tertiary/aromatic N) is 1. The summed E-state index contributed by atoms with van der Waals surface area (Å²) in [6, 6.07) is 15.9. The van der Waals surface area contributed by atoms with Crippen molar-refractivity contribution in [3.05, 3.63) is 83.0 Å². The molecule has 0 aliphatic carbocycles. The first kappa shape index (κ1) is 22.8. The number of rotatable bonds is 8. The maximum absolute atomic E-state index is 11.9. The second-order valence-corrected chi connectivity index (χ2v) is 7.11. The molecule has 1 aromatic heterocycles. The standard InChI is InChI=1S/C24H22ClN3O4/c1-31-24(30)18-6-4-17(5-7-18)19-8-9-21(20(25)14-19)32-13-12-27-23(29)11-3-16-2-10-22(26)28-15-16/h2-11,14-15H,12-13H2,1H3,(H2,26,28)(H,27,29)/b11-3+. The van der Waals surface area contributed by atoms with Crippen LogP contribution in [0.1, 0.15) is 15.9 Å². The Morgan fingerprint density at radius 1 is 1.09 bits per heavy atom. The molecule has 1 heterocycles. The van der Waals surface area contributed by atoms with Gasteiger partial charge in [-0.3, -0.25) is 4.79 Å². The summed E-state index contributed by atoms with van der Waals surface area (Å²) in [6.45, 7) is 0.576. The molecule has 1 amide bonds. The van der Waals surface area contributed by atoms with Crippen molar-refractivity contribution in [3.63, 3.8) is 0 Å². The molecule has 8 heteroatoms. The minimum absolute atomic E-state index is 0.248. The summed E-state index contributed by atoms with van der Waals surface area (Å²) in [7, 11) is 1.34. The number of pyridine rings is 1. The van der Waals surface area contributed by atoms with Crippen LogP contribution < -0.4 is 15.8 Å². The molecule has 3 rings (SSSR count). The molecule has 2 aromatic carbocycles. The molecular formula is C24H22ClN3O4. The molecule has 0 aliphatic heterocycles. The molecule has 0 atom stereocenters. The van der Waals surface area contributed by atoms with E-state index in [1.807, 2.05) is 18.2 Å². The number of amides is 1. The Kier molecular flexibility index (Phi) is 7.83. The van der Waals surface area contributed by atoms with Crippen LogP contribution >= 0.6 is 11.6 Å². The Morgan fingerprint density at radius 3 is 2.50 bits per heavy atom. The quantitative estimate of drug-likeness (QED) is 0.305. The molecule has 164 valence electrons. The summed E-state index contributed by atoms with van der Waals surface area (Å²) >= 11 is 6.34. The van der Waals surface area contributed by atoms with Crippen LogP contribution in [-0.2, 0) is 9.53 Å². The van der Waals surface area contributed by atoms with Crippen molar-refractivity contribution in [2.75, 3.05) is 26.0 Å². The van der Waals surface area contributed by atoms with Crippen molar-refractivity contribution in [2.45, 2.75) is 0 Å². The van der Waals surface area contributed by atoms with E-state index in [1.54, 1.807) is 48.7 Å². The van der Waals surface area contributed by atoms with Crippen LogP contribution in [0, 0.1) is 0 Å². The molecule has 0 fully saturated rings. The van der Waals surface area contributed by atoms with Crippen molar-refractivity contribution >= 4 is 35.4 Å². The van der Waals surface area contributed by atoms with Gasteiger partial charge in [-0.25, -0.2) is 9.78 Å². The lowest BCUT2D eigenvalue weighted by molar-refractivity contribution is -0.116. The number of aromatic nitrogens is 1. The average molecular weight is 452 g/mol. The van der Waals surface area contributed by atoms with E-state index in [4.69, 9.17) is 26.8 Å². The number of nitrogens with one attached hydrogen (secondary N) is 1. The molecule has 0 unspecified atom stereocenters. The lowest BCUT2D eigenvalue weighted by atomic mass is 10.0. The number of nitrogen functional groups attached to an aromatic ring is 1. The third kappa shape index (κ3) is 6.33. The predicted octanol–water partition coefficient (Wildman–Crippen LogP) is 3.98. The number of halogens is 1. The van der Waals surface area contributed by atoms with Crippen molar-refractivity contribution < 1.29 is 19.1 Å². The lowest BCUT2D eigenvalue weighted by Gasteiger charge is -2.10. The molecule has 0 aliphatic rings. The van der Waals surface area contributed by atoms with E-state index in [0.717, 1.165) is 16.7 Å². The van der Waals surface area contributed by atoms with Gasteiger partial charge in [-0.15, -0.1) is 0 Å². The number of benzene rings is 2. The second kappa shape index (κ2) is 11.0. The number of hydrogen-bond acceptors (Lipinski definition) is 6. The van der Waals surface area contributed by atoms with Crippen LogP contribution in [0.4, 0.5) is 5.82 Å². The summed E-state index contributed by atoms with van der Waals surface area (Å²) in [5.74, 6) is 0.302. The van der Waals surface area contributed by atoms with Crippen LogP contribution in [-0.4, -0.2) is 37.1 Å². The van der Waals surface area contributed by atoms with Crippen LogP contribution in [0.25, 0.3) is 17.2 Å². The smallest absolute Gasteiger partial charge is 0.337 e. The van der Waals surface area contributed by atoms with Gasteiger partial charge in [0.25, 0.3) is 0 Å². The highest BCUT2D eigenvalue weighted by Gasteiger charge is 2.08. The Morgan fingerprint density at radius 2 is 1.84 bits per heavy atom. The number of carbonyl (C=O) groups excluding carboxylic acids is 2. The second-order valence-electron chi connectivity index (χ2n) is 6.70. The molecule has 3 N–H and O–H groups in total. The number of methoxy groups -OCH3 is 1. The van der Waals surface area contributed by atoms with Gasteiger partial charge in [0, 0.05) is 12.3 Å². The molecular weight excluding hydrogens is 430 g/mol. The topological polar surface area (TPSA) is 104 Å². The van der Waals surface area contributed by atoms with E-state index in [1.165, 1.54) is 13.2 Å². The van der Waals surface area contributed by atoms with E-state index in [-0.39, 0.29) is 18.5 Å². The summed E-state index contributed by atoms with van der Waals surface area (Å²) in [5, 5.41) is 3.18. The van der Waals surface area contributed by atoms with Gasteiger partial charge in [0.05, 0.1) is 24.2 Å². The number of anilines is 1. The van der Waals surface area contributed by atoms with E-state index < -0.39 is 0 Å². The van der Waals surface area contributed by atoms with Gasteiger partial charge in [-0.05, 0) is 59.2 Å². The van der Waals surface area contributed by atoms with Crippen molar-refractivity contribution in [1.29, 1.82) is 0 Å². The fraction of sp³-hybridized carbons (Fsp3) is 0.125. The van der Waals surface area contributed by atoms with E-state index >= 15 is 0 Å². The SMILES string of the molecule is COC(=O)c1ccc(-c2ccc(OCCNC(=O)/C=C/c3ccc(N)nc3)c(Cl)c2)cc1. The van der Waals surface area contributed by atoms with Gasteiger partial charge >= 0.3 is 5.97 Å². The zero-order chi connectivity index (χ0) is 22.9. The van der Waals surface area contributed by atoms with Gasteiger partial charge < -0.3 is 20.5 Å². The highest BCUT2D eigenvalue weighted by molar-refractivity contribution is 6.32. The monoisotopic (exact) mass is 451 g/mol. The van der Waals surface area contributed by atoms with Crippen LogP contribution in [0.5, 0.6) is 5.75 Å². The maximum Gasteiger partial charge on any atom is 0.337 e. The van der Waals surface area contributed by atoms with Gasteiger partial charge in [-0.2, -0.15) is 0 Å². The Labute approximate surface area is 190 Å². The first-order valence-corrected chi connectivity index (χ1v) is 10.1. The maximum atomic E-state index is 11.9. The van der Waals surface area contributed by atoms with Crippen LogP contribution in [0.2, 0.25) is 5.02 Å². The Balaban J connectivity index is 1.49. The third-order valence-electron chi connectivity index (χ3n) is 4.47. The van der Waals surface area contributed by atoms with Crippen molar-refractivity contribution in [1.82, 2.24) is 10.3 Å². The molecule has 7 nitrogen and oxygen atoms in total. The van der Waals surface area contributed by atoms with Gasteiger partial charge in [-0.1, -0.05) is 29.8 Å². The summed E-state index contributed by atoms with van der Waals surface area (Å²) in [4.78, 5) is 27.4. The minimum Gasteiger partial charge on any atom is -0.490 e. The van der Waals surface area contributed by atoms with E-state index in [9.17, 15) is 9.59 Å². The molecule has 0 spiro atoms. The van der Waals surface area contributed by atoms with E-state index in [0.29, 0.717) is 28.7 Å². The lowest BCUT2D eigenvalue weighted by Crippen LogP contribution is -2.26. The molecule has 0 saturated heterocycles. The summed E-state index contributed by atoms with van der Waals surface area (Å²) in [5.41, 5.74) is 8.57. The number of carbonyl (C=O) groups is 2. The average Bonchev–Trinajstić information content (AvgIpc) is 2.82. The number of ether oxygens (including phenoxy) is 2. The summed E-state index contributed by atoms with van der Waals surface area (Å²) < 4.78 is 10.4. The molecule has 32 heavy (non-hydrogen) atoms. The fourth-order valence-electron chi connectivity index (χ4n) is 2.80. The fourth-order valence-corrected chi connectivity index (χ4v) is 3.03. The first-order valence-electron chi connectivity index (χ1n) is 9.75. The van der Waals surface area contributed by atoms with Crippen molar-refractivity contribution in [2.24, 2.45) is 0 Å². The minimum atomic E-state index is -0.386. The highest BCUT2D eigenvalue weighted by atomic mass is 35.5. The van der Waals surface area contributed by atoms with Crippen molar-refractivity contribution in [3.8, 4) is 16.9 Å². The van der Waals surface area contributed by atoms with Crippen LogP contribution in [0.3, 0.4) is 0 Å².